The van der Waals surface area contributed by atoms with Gasteiger partial charge in [0.25, 0.3) is 0 Å². The third-order valence-electron chi connectivity index (χ3n) is 3.30. The van der Waals surface area contributed by atoms with Crippen LogP contribution in [0.5, 0.6) is 0 Å². The van der Waals surface area contributed by atoms with Gasteiger partial charge < -0.3 is 20.5 Å². The normalized spacial score (nSPS) is 14.8. The number of hydrogen-bond donors (Lipinski definition) is 2. The lowest BCUT2D eigenvalue weighted by Gasteiger charge is -2.32. The van der Waals surface area contributed by atoms with Crippen LogP contribution in [0.15, 0.2) is 0 Å². The Morgan fingerprint density at radius 1 is 1.20 bits per heavy atom. The summed E-state index contributed by atoms with van der Waals surface area (Å²) in [6.07, 6.45) is 0.661. The highest BCUT2D eigenvalue weighted by atomic mass is 16.5. The monoisotopic (exact) mass is 289 g/mol. The molecule has 0 heterocycles. The summed E-state index contributed by atoms with van der Waals surface area (Å²) in [6.45, 7) is 9.60. The first-order valence-electron chi connectivity index (χ1n) is 7.13. The second-order valence-electron chi connectivity index (χ2n) is 5.57. The second kappa shape index (κ2) is 10.1. The molecule has 1 atom stereocenters. The molecule has 6 heteroatoms. The first-order chi connectivity index (χ1) is 9.35. The summed E-state index contributed by atoms with van der Waals surface area (Å²) < 4.78 is 10.2. The standard InChI is InChI=1S/C14H31N3O3/c1-12(2)16-14(3,13(15)18)6-7-17(8-10-19-4)9-11-20-5/h12,16H,6-11H2,1-5H3,(H2,15,18). The molecule has 0 rings (SSSR count). The molecule has 0 fully saturated rings. The molecule has 0 aromatic rings. The van der Waals surface area contributed by atoms with Crippen molar-refractivity contribution in [1.29, 1.82) is 0 Å². The smallest absolute Gasteiger partial charge is 0.237 e. The Bertz CT molecular complexity index is 266. The number of nitrogens with two attached hydrogens (primary N) is 1. The van der Waals surface area contributed by atoms with Crippen molar-refractivity contribution < 1.29 is 14.3 Å². The Balaban J connectivity index is 4.47. The first-order valence-corrected chi connectivity index (χ1v) is 7.13. The molecule has 0 aliphatic heterocycles. The number of methoxy groups -OCH3 is 2. The SMILES string of the molecule is COCCN(CCOC)CCC(C)(NC(C)C)C(N)=O. The van der Waals surface area contributed by atoms with E-state index in [1.54, 1.807) is 14.2 Å². The van der Waals surface area contributed by atoms with Crippen LogP contribution in [0.3, 0.4) is 0 Å². The van der Waals surface area contributed by atoms with Crippen LogP contribution in [0.4, 0.5) is 0 Å². The highest BCUT2D eigenvalue weighted by Crippen LogP contribution is 2.11. The Hall–Kier alpha value is -0.690. The van der Waals surface area contributed by atoms with Crippen molar-refractivity contribution in [3.05, 3.63) is 0 Å². The number of rotatable bonds is 12. The van der Waals surface area contributed by atoms with Crippen molar-refractivity contribution >= 4 is 5.91 Å². The Labute approximate surface area is 123 Å². The molecule has 0 aromatic heterocycles. The molecule has 0 saturated carbocycles. The zero-order valence-corrected chi connectivity index (χ0v) is 13.6. The highest BCUT2D eigenvalue weighted by Gasteiger charge is 2.31. The summed E-state index contributed by atoms with van der Waals surface area (Å²) in [5.41, 5.74) is 4.85. The van der Waals surface area contributed by atoms with Gasteiger partial charge in [-0.1, -0.05) is 0 Å². The molecule has 0 radical (unpaired) electrons. The van der Waals surface area contributed by atoms with Crippen molar-refractivity contribution in [2.75, 3.05) is 47.1 Å². The molecule has 0 aliphatic carbocycles. The van der Waals surface area contributed by atoms with E-state index in [2.05, 4.69) is 10.2 Å². The van der Waals surface area contributed by atoms with Gasteiger partial charge in [-0.25, -0.2) is 0 Å². The molecular formula is C14H31N3O3. The summed E-state index contributed by atoms with van der Waals surface area (Å²) in [4.78, 5) is 13.9. The van der Waals surface area contributed by atoms with Crippen LogP contribution >= 0.6 is 0 Å². The fourth-order valence-corrected chi connectivity index (χ4v) is 2.06. The predicted molar refractivity (Wildman–Crippen MR) is 80.7 cm³/mol. The van der Waals surface area contributed by atoms with Gasteiger partial charge in [-0.3, -0.25) is 9.69 Å². The number of amides is 1. The van der Waals surface area contributed by atoms with Gasteiger partial charge >= 0.3 is 0 Å². The Morgan fingerprint density at radius 3 is 2.05 bits per heavy atom. The fourth-order valence-electron chi connectivity index (χ4n) is 2.06. The van der Waals surface area contributed by atoms with Gasteiger partial charge in [0.15, 0.2) is 0 Å². The molecule has 3 N–H and O–H groups in total. The van der Waals surface area contributed by atoms with E-state index in [-0.39, 0.29) is 11.9 Å². The molecule has 20 heavy (non-hydrogen) atoms. The van der Waals surface area contributed by atoms with E-state index in [9.17, 15) is 4.79 Å². The lowest BCUT2D eigenvalue weighted by Crippen LogP contribution is -2.57. The van der Waals surface area contributed by atoms with Gasteiger partial charge in [0.1, 0.15) is 0 Å². The summed E-state index contributed by atoms with van der Waals surface area (Å²) in [6, 6.07) is 0.207. The van der Waals surface area contributed by atoms with Crippen LogP contribution in [-0.2, 0) is 14.3 Å². The number of hydrogen-bond acceptors (Lipinski definition) is 5. The number of ether oxygens (including phenoxy) is 2. The van der Waals surface area contributed by atoms with Gasteiger partial charge in [0.05, 0.1) is 18.8 Å². The number of carbonyl (C=O) groups is 1. The number of carbonyl (C=O) groups excluding carboxylic acids is 1. The molecule has 1 unspecified atom stereocenters. The minimum Gasteiger partial charge on any atom is -0.383 e. The maximum atomic E-state index is 11.7. The van der Waals surface area contributed by atoms with E-state index < -0.39 is 5.54 Å². The molecular weight excluding hydrogens is 258 g/mol. The van der Waals surface area contributed by atoms with E-state index in [1.165, 1.54) is 0 Å². The highest BCUT2D eigenvalue weighted by molar-refractivity contribution is 5.84. The van der Waals surface area contributed by atoms with Gasteiger partial charge in [0, 0.05) is 39.9 Å². The molecule has 1 amide bonds. The summed E-state index contributed by atoms with van der Waals surface area (Å²) in [5, 5.41) is 3.26. The van der Waals surface area contributed by atoms with E-state index >= 15 is 0 Å². The van der Waals surface area contributed by atoms with Gasteiger partial charge in [-0.2, -0.15) is 0 Å². The predicted octanol–water partition coefficient (Wildman–Crippen LogP) is 0.213. The van der Waals surface area contributed by atoms with Crippen LogP contribution in [-0.4, -0.2) is 69.5 Å². The van der Waals surface area contributed by atoms with Crippen LogP contribution in [0.2, 0.25) is 0 Å². The molecule has 0 aromatic carbocycles. The number of nitrogens with one attached hydrogen (secondary N) is 1. The van der Waals surface area contributed by atoms with Crippen molar-refractivity contribution in [3.63, 3.8) is 0 Å². The van der Waals surface area contributed by atoms with Crippen molar-refractivity contribution in [3.8, 4) is 0 Å². The van der Waals surface area contributed by atoms with Gasteiger partial charge in [0.2, 0.25) is 5.91 Å². The van der Waals surface area contributed by atoms with Crippen LogP contribution < -0.4 is 11.1 Å². The Kier molecular flexibility index (Phi) is 9.75. The van der Waals surface area contributed by atoms with Gasteiger partial charge in [-0.05, 0) is 27.2 Å². The minimum atomic E-state index is -0.688. The van der Waals surface area contributed by atoms with Crippen LogP contribution in [0, 0.1) is 0 Å². The first kappa shape index (κ1) is 19.3. The Morgan fingerprint density at radius 2 is 1.70 bits per heavy atom. The molecule has 120 valence electrons. The van der Waals surface area contributed by atoms with E-state index in [0.29, 0.717) is 19.6 Å². The van der Waals surface area contributed by atoms with Crippen molar-refractivity contribution in [2.45, 2.75) is 38.8 Å². The second-order valence-corrected chi connectivity index (χ2v) is 5.57. The number of nitrogens with zero attached hydrogens (tertiary/aromatic N) is 1. The summed E-state index contributed by atoms with van der Waals surface area (Å²) in [5.74, 6) is -0.315. The lowest BCUT2D eigenvalue weighted by molar-refractivity contribution is -0.124. The van der Waals surface area contributed by atoms with Gasteiger partial charge in [-0.15, -0.1) is 0 Å². The fraction of sp³-hybridized carbons (Fsp3) is 0.929. The largest absolute Gasteiger partial charge is 0.383 e. The number of primary amides is 1. The molecule has 6 nitrogen and oxygen atoms in total. The van der Waals surface area contributed by atoms with Crippen LogP contribution in [0.25, 0.3) is 0 Å². The maximum absolute atomic E-state index is 11.7. The van der Waals surface area contributed by atoms with Crippen molar-refractivity contribution in [2.24, 2.45) is 5.73 Å². The van der Waals surface area contributed by atoms with E-state index in [1.807, 2.05) is 20.8 Å². The summed E-state index contributed by atoms with van der Waals surface area (Å²) in [7, 11) is 3.37. The minimum absolute atomic E-state index is 0.207. The lowest BCUT2D eigenvalue weighted by atomic mass is 9.95. The molecule has 0 bridgehead atoms. The average molecular weight is 289 g/mol. The average Bonchev–Trinajstić information content (AvgIpc) is 2.36. The van der Waals surface area contributed by atoms with E-state index in [0.717, 1.165) is 19.6 Å². The van der Waals surface area contributed by atoms with E-state index in [4.69, 9.17) is 15.2 Å². The maximum Gasteiger partial charge on any atom is 0.237 e. The molecule has 0 spiro atoms. The quantitative estimate of drug-likeness (QED) is 0.537. The van der Waals surface area contributed by atoms with Crippen LogP contribution in [0.1, 0.15) is 27.2 Å². The molecule has 0 saturated heterocycles. The van der Waals surface area contributed by atoms with Crippen molar-refractivity contribution in [1.82, 2.24) is 10.2 Å². The zero-order valence-electron chi connectivity index (χ0n) is 13.6. The topological polar surface area (TPSA) is 76.8 Å². The zero-order chi connectivity index (χ0) is 15.6. The third kappa shape index (κ3) is 7.79. The molecule has 0 aliphatic rings. The summed E-state index contributed by atoms with van der Waals surface area (Å²) >= 11 is 0. The third-order valence-corrected chi connectivity index (χ3v) is 3.30.